The molecule has 0 heterocycles. The molecule has 0 spiro atoms. The van der Waals surface area contributed by atoms with Crippen molar-refractivity contribution < 1.29 is 4.79 Å². The number of amides is 1. The van der Waals surface area contributed by atoms with Crippen LogP contribution in [-0.4, -0.2) is 63.6 Å². The Bertz CT molecular complexity index is 556. The molecule has 0 bridgehead atoms. The van der Waals surface area contributed by atoms with Gasteiger partial charge in [0.15, 0.2) is 5.96 Å². The first kappa shape index (κ1) is 25.5. The van der Waals surface area contributed by atoms with Crippen LogP contribution in [0.15, 0.2) is 29.3 Å². The van der Waals surface area contributed by atoms with Gasteiger partial charge < -0.3 is 20.4 Å². The van der Waals surface area contributed by atoms with Crippen LogP contribution in [0, 0.1) is 0 Å². The molecule has 0 fully saturated rings. The van der Waals surface area contributed by atoms with Gasteiger partial charge in [-0.1, -0.05) is 12.1 Å². The van der Waals surface area contributed by atoms with E-state index in [9.17, 15) is 4.79 Å². The van der Waals surface area contributed by atoms with E-state index < -0.39 is 0 Å². The van der Waals surface area contributed by atoms with E-state index in [1.165, 1.54) is 11.3 Å². The third kappa shape index (κ3) is 9.83. The number of guanidine groups is 1. The fraction of sp³-hybridized carbons (Fsp3) is 0.600. The fourth-order valence-electron chi connectivity index (χ4n) is 2.63. The van der Waals surface area contributed by atoms with Crippen molar-refractivity contribution in [3.63, 3.8) is 0 Å². The second-order valence-electron chi connectivity index (χ2n) is 6.31. The summed E-state index contributed by atoms with van der Waals surface area (Å²) in [5.74, 6) is 0.931. The van der Waals surface area contributed by atoms with Gasteiger partial charge in [0.2, 0.25) is 5.91 Å². The minimum Gasteiger partial charge on any atom is -0.378 e. The average molecular weight is 489 g/mol. The maximum absolute atomic E-state index is 12.0. The number of benzene rings is 1. The normalized spacial score (nSPS) is 10.8. The highest BCUT2D eigenvalue weighted by Crippen LogP contribution is 2.12. The second-order valence-corrected chi connectivity index (χ2v) is 6.31. The van der Waals surface area contributed by atoms with Crippen molar-refractivity contribution >= 4 is 41.5 Å². The number of halogens is 1. The summed E-state index contributed by atoms with van der Waals surface area (Å²) in [7, 11) is 4.08. The van der Waals surface area contributed by atoms with E-state index in [4.69, 9.17) is 0 Å². The molecule has 1 rings (SSSR count). The fourth-order valence-corrected chi connectivity index (χ4v) is 2.63. The van der Waals surface area contributed by atoms with Gasteiger partial charge in [-0.25, -0.2) is 0 Å². The first-order valence-electron chi connectivity index (χ1n) is 9.57. The molecule has 0 atom stereocenters. The molecule has 1 amide bonds. The molecule has 0 aliphatic rings. The van der Waals surface area contributed by atoms with Crippen LogP contribution in [0.5, 0.6) is 0 Å². The monoisotopic (exact) mass is 489 g/mol. The molecular weight excluding hydrogens is 453 g/mol. The van der Waals surface area contributed by atoms with Gasteiger partial charge >= 0.3 is 0 Å². The van der Waals surface area contributed by atoms with Crippen molar-refractivity contribution in [2.75, 3.05) is 51.7 Å². The summed E-state index contributed by atoms with van der Waals surface area (Å²) < 4.78 is 0. The van der Waals surface area contributed by atoms with Crippen LogP contribution in [0.4, 0.5) is 5.69 Å². The summed E-state index contributed by atoms with van der Waals surface area (Å²) in [6.07, 6.45) is 1.38. The lowest BCUT2D eigenvalue weighted by Crippen LogP contribution is -2.38. The quantitative estimate of drug-likeness (QED) is 0.302. The van der Waals surface area contributed by atoms with Crippen LogP contribution in [0.3, 0.4) is 0 Å². The van der Waals surface area contributed by atoms with Gasteiger partial charge in [0.25, 0.3) is 0 Å². The Morgan fingerprint density at radius 1 is 1.04 bits per heavy atom. The molecule has 7 heteroatoms. The van der Waals surface area contributed by atoms with Crippen LogP contribution in [-0.2, 0) is 11.2 Å². The molecule has 1 aromatic carbocycles. The first-order chi connectivity index (χ1) is 12.5. The van der Waals surface area contributed by atoms with Crippen molar-refractivity contribution in [1.29, 1.82) is 0 Å². The molecule has 0 saturated heterocycles. The molecule has 154 valence electrons. The van der Waals surface area contributed by atoms with Gasteiger partial charge in [-0.05, 0) is 44.9 Å². The van der Waals surface area contributed by atoms with Crippen LogP contribution < -0.4 is 15.5 Å². The molecule has 0 saturated carbocycles. The van der Waals surface area contributed by atoms with Crippen molar-refractivity contribution in [2.45, 2.75) is 33.6 Å². The van der Waals surface area contributed by atoms with Crippen LogP contribution in [0.1, 0.15) is 32.8 Å². The molecule has 0 aliphatic heterocycles. The Kier molecular flexibility index (Phi) is 13.7. The number of carbonyl (C=O) groups excluding carboxylic acids is 1. The van der Waals surface area contributed by atoms with Gasteiger partial charge in [0, 0.05) is 52.4 Å². The molecule has 0 unspecified atom stereocenters. The number of carbonyl (C=O) groups is 1. The van der Waals surface area contributed by atoms with Crippen molar-refractivity contribution in [2.24, 2.45) is 4.99 Å². The van der Waals surface area contributed by atoms with Gasteiger partial charge in [-0.15, -0.1) is 24.0 Å². The van der Waals surface area contributed by atoms with E-state index in [2.05, 4.69) is 44.8 Å². The van der Waals surface area contributed by atoms with E-state index in [1.807, 2.05) is 39.8 Å². The Morgan fingerprint density at radius 2 is 1.67 bits per heavy atom. The second kappa shape index (κ2) is 14.5. The third-order valence-electron chi connectivity index (χ3n) is 4.21. The highest BCUT2D eigenvalue weighted by Gasteiger charge is 2.08. The molecule has 2 N–H and O–H groups in total. The molecule has 27 heavy (non-hydrogen) atoms. The van der Waals surface area contributed by atoms with E-state index in [-0.39, 0.29) is 29.9 Å². The lowest BCUT2D eigenvalue weighted by atomic mass is 10.1. The predicted molar refractivity (Wildman–Crippen MR) is 126 cm³/mol. The average Bonchev–Trinajstić information content (AvgIpc) is 2.63. The lowest BCUT2D eigenvalue weighted by molar-refractivity contribution is -0.130. The number of nitrogens with zero attached hydrogens (tertiary/aromatic N) is 3. The zero-order chi connectivity index (χ0) is 19.4. The maximum atomic E-state index is 12.0. The summed E-state index contributed by atoms with van der Waals surface area (Å²) in [5, 5.41) is 6.57. The zero-order valence-corrected chi connectivity index (χ0v) is 19.7. The van der Waals surface area contributed by atoms with Crippen molar-refractivity contribution in [3.05, 3.63) is 29.8 Å². The molecular formula is C20H36IN5O. The molecule has 0 radical (unpaired) electrons. The van der Waals surface area contributed by atoms with Crippen LogP contribution in [0.2, 0.25) is 0 Å². The Labute approximate surface area is 181 Å². The highest BCUT2D eigenvalue weighted by molar-refractivity contribution is 14.0. The maximum Gasteiger partial charge on any atom is 0.224 e. The van der Waals surface area contributed by atoms with Crippen molar-refractivity contribution in [1.82, 2.24) is 15.5 Å². The summed E-state index contributed by atoms with van der Waals surface area (Å²) in [5.41, 5.74) is 2.49. The van der Waals surface area contributed by atoms with Crippen molar-refractivity contribution in [3.8, 4) is 0 Å². The van der Waals surface area contributed by atoms with E-state index in [1.54, 1.807) is 0 Å². The minimum atomic E-state index is 0. The lowest BCUT2D eigenvalue weighted by Gasteiger charge is -2.18. The van der Waals surface area contributed by atoms with Gasteiger partial charge in [-0.2, -0.15) is 0 Å². The summed E-state index contributed by atoms with van der Waals surface area (Å²) >= 11 is 0. The topological polar surface area (TPSA) is 60.0 Å². The Morgan fingerprint density at radius 3 is 2.19 bits per heavy atom. The van der Waals surface area contributed by atoms with Gasteiger partial charge in [-0.3, -0.25) is 9.79 Å². The van der Waals surface area contributed by atoms with E-state index >= 15 is 0 Å². The number of nitrogens with one attached hydrogen (secondary N) is 2. The summed E-state index contributed by atoms with van der Waals surface area (Å²) in [6.45, 7) is 9.65. The number of anilines is 1. The number of aliphatic imine (C=N–C) groups is 1. The predicted octanol–water partition coefficient (Wildman–Crippen LogP) is 2.73. The Balaban J connectivity index is 0.00000676. The third-order valence-corrected chi connectivity index (χ3v) is 4.21. The smallest absolute Gasteiger partial charge is 0.224 e. The summed E-state index contributed by atoms with van der Waals surface area (Å²) in [4.78, 5) is 20.5. The zero-order valence-electron chi connectivity index (χ0n) is 17.4. The standard InChI is InChI=1S/C20H35N5O.HI/c1-6-21-20(23-16-14-19(26)25(7-2)8-3)22-15-13-17-9-11-18(12-10-17)24(4)5;/h9-12H,6-8,13-16H2,1-5H3,(H2,21,22,23);1H. The van der Waals surface area contributed by atoms with Gasteiger partial charge in [0.05, 0.1) is 6.54 Å². The number of hydrogen-bond donors (Lipinski definition) is 2. The summed E-state index contributed by atoms with van der Waals surface area (Å²) in [6, 6.07) is 8.58. The van der Waals surface area contributed by atoms with Crippen LogP contribution in [0.25, 0.3) is 0 Å². The number of hydrogen-bond acceptors (Lipinski definition) is 3. The van der Waals surface area contributed by atoms with E-state index in [0.29, 0.717) is 13.0 Å². The minimum absolute atomic E-state index is 0. The Hall–Kier alpha value is -1.51. The molecule has 1 aromatic rings. The van der Waals surface area contributed by atoms with Crippen LogP contribution >= 0.6 is 24.0 Å². The highest BCUT2D eigenvalue weighted by atomic mass is 127. The SMILES string of the molecule is CCNC(=NCCC(=O)N(CC)CC)NCCc1ccc(N(C)C)cc1.I. The molecule has 6 nitrogen and oxygen atoms in total. The van der Waals surface area contributed by atoms with E-state index in [0.717, 1.165) is 38.6 Å². The number of rotatable bonds is 10. The first-order valence-corrected chi connectivity index (χ1v) is 9.57. The molecule has 0 aromatic heterocycles. The largest absolute Gasteiger partial charge is 0.378 e. The van der Waals surface area contributed by atoms with Gasteiger partial charge in [0.1, 0.15) is 0 Å². The molecule has 0 aliphatic carbocycles.